The molecule has 1 aromatic carbocycles. The first-order chi connectivity index (χ1) is 10.0. The topological polar surface area (TPSA) is 64.3 Å². The smallest absolute Gasteiger partial charge is 0.461 e. The second-order valence-electron chi connectivity index (χ2n) is 4.11. The van der Waals surface area contributed by atoms with E-state index in [0.29, 0.717) is 4.90 Å². The van der Waals surface area contributed by atoms with Gasteiger partial charge in [0.05, 0.1) is 0 Å². The fourth-order valence-electron chi connectivity index (χ4n) is 1.43. The maximum Gasteiger partial charge on any atom is 0.461 e. The van der Waals surface area contributed by atoms with Gasteiger partial charge in [0.15, 0.2) is 11.3 Å². The number of hydrogen-bond donors (Lipinski definition) is 1. The minimum Gasteiger partial charge on any atom is -0.505 e. The Morgan fingerprint density at radius 2 is 1.68 bits per heavy atom. The molecule has 0 saturated carbocycles. The molecule has 0 radical (unpaired) electrons. The molecule has 0 aliphatic carbocycles. The molecule has 22 heavy (non-hydrogen) atoms. The van der Waals surface area contributed by atoms with Crippen LogP contribution in [0.15, 0.2) is 41.7 Å². The van der Waals surface area contributed by atoms with Gasteiger partial charge in [0.1, 0.15) is 6.07 Å². The second-order valence-corrected chi connectivity index (χ2v) is 4.11. The van der Waals surface area contributed by atoms with Crippen LogP contribution in [0.5, 0.6) is 0 Å². The van der Waals surface area contributed by atoms with Crippen LogP contribution in [-0.2, 0) is 4.79 Å². The number of carbonyl (C=O) groups excluding carboxylic acids is 1. The van der Waals surface area contributed by atoms with E-state index in [4.69, 9.17) is 10.4 Å². The SMILES string of the molecule is CN(C(=O)/C(C#N)=C(\O)C(F)(F)C(F)(F)F)c1ccccc1. The fourth-order valence-corrected chi connectivity index (χ4v) is 1.43. The van der Waals surface area contributed by atoms with Crippen molar-refractivity contribution in [1.82, 2.24) is 0 Å². The van der Waals surface area contributed by atoms with Gasteiger partial charge in [-0.1, -0.05) is 18.2 Å². The molecule has 0 aliphatic heterocycles. The molecule has 0 saturated heterocycles. The van der Waals surface area contributed by atoms with Gasteiger partial charge in [-0.3, -0.25) is 4.79 Å². The Hall–Kier alpha value is -2.63. The minimum atomic E-state index is -6.13. The maximum absolute atomic E-state index is 13.0. The molecule has 0 atom stereocenters. The van der Waals surface area contributed by atoms with Gasteiger partial charge >= 0.3 is 12.1 Å². The molecule has 0 spiro atoms. The summed E-state index contributed by atoms with van der Waals surface area (Å²) in [4.78, 5) is 12.5. The van der Waals surface area contributed by atoms with Crippen molar-refractivity contribution < 1.29 is 31.9 Å². The summed E-state index contributed by atoms with van der Waals surface area (Å²) in [5.74, 6) is -9.82. The Balaban J connectivity index is 3.29. The average molecular weight is 320 g/mol. The maximum atomic E-state index is 13.0. The highest BCUT2D eigenvalue weighted by Crippen LogP contribution is 2.41. The summed E-state index contributed by atoms with van der Waals surface area (Å²) in [7, 11) is 1.06. The van der Waals surface area contributed by atoms with Gasteiger partial charge < -0.3 is 10.0 Å². The van der Waals surface area contributed by atoms with Crippen LogP contribution in [0.3, 0.4) is 0 Å². The number of aliphatic hydroxyl groups excluding tert-OH is 1. The van der Waals surface area contributed by atoms with E-state index in [2.05, 4.69) is 0 Å². The number of alkyl halides is 5. The number of aliphatic hydroxyl groups is 1. The molecular weight excluding hydrogens is 311 g/mol. The lowest BCUT2D eigenvalue weighted by molar-refractivity contribution is -0.274. The number of allylic oxidation sites excluding steroid dienone is 1. The summed E-state index contributed by atoms with van der Waals surface area (Å²) in [5.41, 5.74) is -1.54. The zero-order valence-corrected chi connectivity index (χ0v) is 11.0. The first kappa shape index (κ1) is 17.4. The predicted molar refractivity (Wildman–Crippen MR) is 66.1 cm³/mol. The molecule has 0 aliphatic rings. The Morgan fingerprint density at radius 3 is 2.09 bits per heavy atom. The first-order valence-corrected chi connectivity index (χ1v) is 5.65. The summed E-state index contributed by atoms with van der Waals surface area (Å²) in [6.07, 6.45) is -6.13. The predicted octanol–water partition coefficient (Wildman–Crippen LogP) is 3.18. The Labute approximate surface area is 121 Å². The lowest BCUT2D eigenvalue weighted by Crippen LogP contribution is -2.40. The first-order valence-electron chi connectivity index (χ1n) is 5.65. The fraction of sp³-hybridized carbons (Fsp3) is 0.231. The molecule has 1 N–H and O–H groups in total. The number of likely N-dealkylation sites (N-methyl/N-ethyl adjacent to an activating group) is 1. The zero-order chi connectivity index (χ0) is 17.1. The standard InChI is InChI=1S/C13H9F5N2O2/c1-20(8-5-3-2-4-6-8)11(22)9(7-19)10(21)12(14,15)13(16,17)18/h2-6,21H,1H3/b10-9-. The highest BCUT2D eigenvalue weighted by Gasteiger charge is 2.62. The van der Waals surface area contributed by atoms with Gasteiger partial charge in [-0.25, -0.2) is 0 Å². The lowest BCUT2D eigenvalue weighted by atomic mass is 10.1. The van der Waals surface area contributed by atoms with Crippen molar-refractivity contribution in [3.63, 3.8) is 0 Å². The number of hydrogen-bond acceptors (Lipinski definition) is 3. The number of amides is 1. The Bertz CT molecular complexity index is 632. The van der Waals surface area contributed by atoms with Crippen LogP contribution in [0.25, 0.3) is 0 Å². The molecule has 0 unspecified atom stereocenters. The van der Waals surface area contributed by atoms with Crippen molar-refractivity contribution >= 4 is 11.6 Å². The number of benzene rings is 1. The van der Waals surface area contributed by atoms with E-state index in [1.54, 1.807) is 6.07 Å². The second kappa shape index (κ2) is 6.01. The Kier molecular flexibility index (Phi) is 4.76. The third kappa shape index (κ3) is 3.16. The van der Waals surface area contributed by atoms with E-state index in [9.17, 15) is 26.7 Å². The number of rotatable bonds is 3. The number of anilines is 1. The van der Waals surface area contributed by atoms with Crippen molar-refractivity contribution in [3.8, 4) is 6.07 Å². The van der Waals surface area contributed by atoms with E-state index in [-0.39, 0.29) is 5.69 Å². The number of nitriles is 1. The molecular formula is C13H9F5N2O2. The lowest BCUT2D eigenvalue weighted by Gasteiger charge is -2.21. The van der Waals surface area contributed by atoms with Crippen LogP contribution < -0.4 is 4.90 Å². The van der Waals surface area contributed by atoms with Crippen LogP contribution in [0.2, 0.25) is 0 Å². The molecule has 1 aromatic rings. The largest absolute Gasteiger partial charge is 0.505 e. The zero-order valence-electron chi connectivity index (χ0n) is 11.0. The third-order valence-electron chi connectivity index (χ3n) is 2.66. The van der Waals surface area contributed by atoms with E-state index >= 15 is 0 Å². The molecule has 0 heterocycles. The molecule has 1 amide bonds. The van der Waals surface area contributed by atoms with Crippen LogP contribution in [0.1, 0.15) is 0 Å². The Morgan fingerprint density at radius 1 is 1.18 bits per heavy atom. The molecule has 0 aromatic heterocycles. The monoisotopic (exact) mass is 320 g/mol. The van der Waals surface area contributed by atoms with Gasteiger partial charge in [-0.2, -0.15) is 27.2 Å². The van der Waals surface area contributed by atoms with Gasteiger partial charge in [0.2, 0.25) is 0 Å². The molecule has 9 heteroatoms. The summed E-state index contributed by atoms with van der Waals surface area (Å²) in [6.45, 7) is 0. The molecule has 1 rings (SSSR count). The molecule has 118 valence electrons. The van der Waals surface area contributed by atoms with E-state index in [1.165, 1.54) is 24.3 Å². The summed E-state index contributed by atoms with van der Waals surface area (Å²) in [6, 6.07) is 8.17. The van der Waals surface area contributed by atoms with Crippen molar-refractivity contribution in [3.05, 3.63) is 41.7 Å². The highest BCUT2D eigenvalue weighted by atomic mass is 19.4. The molecule has 4 nitrogen and oxygen atoms in total. The van der Waals surface area contributed by atoms with Crippen LogP contribution in [0.4, 0.5) is 27.6 Å². The van der Waals surface area contributed by atoms with Gasteiger partial charge in [0, 0.05) is 12.7 Å². The van der Waals surface area contributed by atoms with Gasteiger partial charge in [-0.15, -0.1) is 0 Å². The van der Waals surface area contributed by atoms with E-state index in [1.807, 2.05) is 0 Å². The number of nitrogens with zero attached hydrogens (tertiary/aromatic N) is 2. The number of carbonyl (C=O) groups is 1. The van der Waals surface area contributed by atoms with Crippen molar-refractivity contribution in [2.75, 3.05) is 11.9 Å². The highest BCUT2D eigenvalue weighted by molar-refractivity contribution is 6.08. The van der Waals surface area contributed by atoms with Crippen molar-refractivity contribution in [2.45, 2.75) is 12.1 Å². The van der Waals surface area contributed by atoms with Crippen LogP contribution in [-0.4, -0.2) is 30.2 Å². The molecule has 0 bridgehead atoms. The summed E-state index contributed by atoms with van der Waals surface area (Å²) in [5, 5.41) is 17.8. The summed E-state index contributed by atoms with van der Waals surface area (Å²) < 4.78 is 62.6. The van der Waals surface area contributed by atoms with Crippen molar-refractivity contribution in [1.29, 1.82) is 5.26 Å². The number of para-hydroxylation sites is 1. The van der Waals surface area contributed by atoms with Gasteiger partial charge in [0.25, 0.3) is 5.91 Å². The van der Waals surface area contributed by atoms with E-state index < -0.39 is 29.3 Å². The van der Waals surface area contributed by atoms with Crippen LogP contribution >= 0.6 is 0 Å². The number of halogens is 5. The quantitative estimate of drug-likeness (QED) is 0.403. The average Bonchev–Trinajstić information content (AvgIpc) is 2.46. The van der Waals surface area contributed by atoms with Gasteiger partial charge in [-0.05, 0) is 12.1 Å². The molecule has 0 fully saturated rings. The van der Waals surface area contributed by atoms with E-state index in [0.717, 1.165) is 13.1 Å². The summed E-state index contributed by atoms with van der Waals surface area (Å²) >= 11 is 0. The van der Waals surface area contributed by atoms with Crippen LogP contribution in [0, 0.1) is 11.3 Å². The minimum absolute atomic E-state index is 0.142. The van der Waals surface area contributed by atoms with Crippen molar-refractivity contribution in [2.24, 2.45) is 0 Å². The third-order valence-corrected chi connectivity index (χ3v) is 2.66. The normalized spacial score (nSPS) is 13.1.